The van der Waals surface area contributed by atoms with Crippen LogP contribution in [0.25, 0.3) is 11.0 Å². The lowest BCUT2D eigenvalue weighted by molar-refractivity contribution is 0.0721. The minimum Gasteiger partial charge on any atom is -0.486 e. The lowest BCUT2D eigenvalue weighted by atomic mass is 9.92. The van der Waals surface area contributed by atoms with Gasteiger partial charge in [-0.15, -0.1) is 0 Å². The first-order valence-corrected chi connectivity index (χ1v) is 19.1. The van der Waals surface area contributed by atoms with E-state index in [1.165, 1.54) is 17.0 Å². The number of carbonyl (C=O) groups excluding carboxylic acids is 2. The molecule has 3 aromatic rings. The Morgan fingerprint density at radius 1 is 1.10 bits per heavy atom. The van der Waals surface area contributed by atoms with Crippen molar-refractivity contribution in [2.75, 3.05) is 51.8 Å². The number of ether oxygens (including phenoxy) is 2. The maximum absolute atomic E-state index is 16.3. The molecule has 2 aliphatic carbocycles. The number of hydrogen-bond acceptors (Lipinski definition) is 10. The number of sulfonamides is 1. The highest BCUT2D eigenvalue weighted by Crippen LogP contribution is 2.43. The van der Waals surface area contributed by atoms with Gasteiger partial charge in [0.2, 0.25) is 10.0 Å². The highest BCUT2D eigenvalue weighted by molar-refractivity contribution is 7.91. The van der Waals surface area contributed by atoms with Gasteiger partial charge >= 0.3 is 5.63 Å². The largest absolute Gasteiger partial charge is 0.486 e. The molecule has 3 heterocycles. The summed E-state index contributed by atoms with van der Waals surface area (Å²) < 4.78 is 60.2. The maximum Gasteiger partial charge on any atom is 0.341 e. The number of fused-ring (bicyclic) bond motifs is 3. The number of halogens is 1. The zero-order valence-electron chi connectivity index (χ0n) is 29.8. The van der Waals surface area contributed by atoms with Gasteiger partial charge in [0.1, 0.15) is 5.58 Å². The average Bonchev–Trinajstić information content (AvgIpc) is 3.84. The van der Waals surface area contributed by atoms with E-state index in [0.29, 0.717) is 49.9 Å². The Morgan fingerprint density at radius 3 is 2.49 bits per heavy atom. The number of benzene rings is 2. The lowest BCUT2D eigenvalue weighted by Crippen LogP contribution is -2.53. The number of nitrogens with one attached hydrogen (secondary N) is 1. The highest BCUT2D eigenvalue weighted by atomic mass is 32.2. The Morgan fingerprint density at radius 2 is 1.82 bits per heavy atom. The van der Waals surface area contributed by atoms with Crippen LogP contribution >= 0.6 is 0 Å². The van der Waals surface area contributed by atoms with Crippen molar-refractivity contribution < 1.29 is 36.3 Å². The molecule has 4 aliphatic rings. The molecule has 2 aromatic carbocycles. The number of nitrogens with zero attached hydrogens (tertiary/aromatic N) is 3. The quantitative estimate of drug-likeness (QED) is 0.322. The zero-order chi connectivity index (χ0) is 36.4. The molecule has 0 unspecified atom stereocenters. The molecule has 2 amide bonds. The predicted molar refractivity (Wildman–Crippen MR) is 190 cm³/mol. The maximum atomic E-state index is 16.3. The fourth-order valence-corrected chi connectivity index (χ4v) is 8.62. The summed E-state index contributed by atoms with van der Waals surface area (Å²) in [5.41, 5.74) is 3.37. The third-order valence-electron chi connectivity index (χ3n) is 11.3. The van der Waals surface area contributed by atoms with E-state index in [4.69, 9.17) is 13.9 Å². The third-order valence-corrected chi connectivity index (χ3v) is 13.5. The van der Waals surface area contributed by atoms with Crippen LogP contribution in [0.5, 0.6) is 5.75 Å². The summed E-state index contributed by atoms with van der Waals surface area (Å²) in [7, 11) is -0.204. The molecule has 12 nitrogen and oxygen atoms in total. The van der Waals surface area contributed by atoms with E-state index in [9.17, 15) is 22.8 Å². The topological polar surface area (TPSA) is 139 Å². The number of rotatable bonds is 9. The number of methoxy groups -OCH3 is 1. The second-order valence-electron chi connectivity index (χ2n) is 14.8. The fourth-order valence-electron chi connectivity index (χ4n) is 7.38. The Bertz CT molecular complexity index is 2090. The standard InChI is InChI=1S/C37H45FN4O8S/c1-21-17-29(41-16-15-40(4)23(18-41)20-48-5)22(2)32-30(21)25-11-14-42(19-28(25)36(45)50-32)35(44)26-9-10-27(33(31(26)38)49-24-7-6-8-24)34(43)39-51(46,47)37(3)12-13-37/h9-10,17,23-24H,6-8,11-16,18-20H2,1-5H3,(H,39,43)/t23-/m1/s1. The van der Waals surface area contributed by atoms with Crippen molar-refractivity contribution in [3.63, 3.8) is 0 Å². The van der Waals surface area contributed by atoms with Gasteiger partial charge in [0.05, 0.1) is 46.7 Å². The molecule has 0 bridgehead atoms. The van der Waals surface area contributed by atoms with Crippen molar-refractivity contribution >= 4 is 38.5 Å². The molecule has 274 valence electrons. The van der Waals surface area contributed by atoms with Crippen LogP contribution in [0.1, 0.15) is 82.0 Å². The molecule has 3 fully saturated rings. The number of carbonyl (C=O) groups is 2. The summed E-state index contributed by atoms with van der Waals surface area (Å²) in [6.07, 6.45) is 3.00. The van der Waals surface area contributed by atoms with Gasteiger partial charge < -0.3 is 23.7 Å². The molecule has 1 aromatic heterocycles. The zero-order valence-corrected chi connectivity index (χ0v) is 30.6. The van der Waals surface area contributed by atoms with Crippen LogP contribution in [-0.4, -0.2) is 93.9 Å². The summed E-state index contributed by atoms with van der Waals surface area (Å²) in [5.74, 6) is -3.17. The van der Waals surface area contributed by atoms with Gasteiger partial charge in [-0.25, -0.2) is 22.3 Å². The van der Waals surface area contributed by atoms with Gasteiger partial charge in [-0.1, -0.05) is 0 Å². The van der Waals surface area contributed by atoms with Gasteiger partial charge in [0, 0.05) is 49.9 Å². The number of hydrogen-bond donors (Lipinski definition) is 1. The molecule has 2 aliphatic heterocycles. The fraction of sp³-hybridized carbons (Fsp3) is 0.541. The number of likely N-dealkylation sites (N-methyl/N-ethyl adjacent to an activating group) is 1. The van der Waals surface area contributed by atoms with Crippen LogP contribution in [0.3, 0.4) is 0 Å². The minimum absolute atomic E-state index is 0.0822. The van der Waals surface area contributed by atoms with Crippen molar-refractivity contribution in [1.29, 1.82) is 0 Å². The van der Waals surface area contributed by atoms with Crippen LogP contribution in [0, 0.1) is 19.7 Å². The molecule has 1 N–H and O–H groups in total. The predicted octanol–water partition coefficient (Wildman–Crippen LogP) is 4.06. The van der Waals surface area contributed by atoms with Crippen molar-refractivity contribution in [2.45, 2.75) is 82.7 Å². The summed E-state index contributed by atoms with van der Waals surface area (Å²) in [5, 5.41) is 0.855. The second-order valence-corrected chi connectivity index (χ2v) is 17.0. The minimum atomic E-state index is -4.00. The normalized spacial score (nSPS) is 20.5. The Kier molecular flexibility index (Phi) is 9.16. The van der Waals surface area contributed by atoms with Gasteiger partial charge in [0.15, 0.2) is 11.6 Å². The Hall–Kier alpha value is -4.01. The molecule has 1 saturated heterocycles. The van der Waals surface area contributed by atoms with E-state index in [0.717, 1.165) is 53.8 Å². The Labute approximate surface area is 296 Å². The van der Waals surface area contributed by atoms with Gasteiger partial charge in [-0.05, 0) is 95.7 Å². The molecule has 0 radical (unpaired) electrons. The summed E-state index contributed by atoms with van der Waals surface area (Å²) in [4.78, 5) is 46.7. The molecule has 7 rings (SSSR count). The van der Waals surface area contributed by atoms with Gasteiger partial charge in [-0.3, -0.25) is 14.5 Å². The first kappa shape index (κ1) is 35.4. The second kappa shape index (κ2) is 13.2. The van der Waals surface area contributed by atoms with Crippen molar-refractivity contribution in [1.82, 2.24) is 14.5 Å². The first-order valence-electron chi connectivity index (χ1n) is 17.6. The van der Waals surface area contributed by atoms with Crippen LogP contribution < -0.4 is 20.0 Å². The number of anilines is 1. The van der Waals surface area contributed by atoms with Crippen molar-refractivity contribution in [2.24, 2.45) is 0 Å². The van der Waals surface area contributed by atoms with Crippen LogP contribution in [-0.2, 0) is 27.7 Å². The highest BCUT2D eigenvalue weighted by Gasteiger charge is 2.51. The van der Waals surface area contributed by atoms with E-state index in [1.54, 1.807) is 14.0 Å². The van der Waals surface area contributed by atoms with E-state index in [1.807, 2.05) is 13.8 Å². The van der Waals surface area contributed by atoms with Crippen molar-refractivity contribution in [3.8, 4) is 5.75 Å². The van der Waals surface area contributed by atoms with Crippen LogP contribution in [0.15, 0.2) is 27.4 Å². The lowest BCUT2D eigenvalue weighted by Gasteiger charge is -2.41. The van der Waals surface area contributed by atoms with E-state index in [-0.39, 0.29) is 36.4 Å². The summed E-state index contributed by atoms with van der Waals surface area (Å²) in [6.45, 7) is 8.72. The molecule has 0 spiro atoms. The van der Waals surface area contributed by atoms with Crippen LogP contribution in [0.2, 0.25) is 0 Å². The van der Waals surface area contributed by atoms with E-state index >= 15 is 4.39 Å². The monoisotopic (exact) mass is 724 g/mol. The summed E-state index contributed by atoms with van der Waals surface area (Å²) >= 11 is 0. The number of piperazine rings is 1. The summed E-state index contributed by atoms with van der Waals surface area (Å²) in [6, 6.07) is 4.77. The van der Waals surface area contributed by atoms with Gasteiger partial charge in [-0.2, -0.15) is 0 Å². The van der Waals surface area contributed by atoms with Crippen LogP contribution in [0.4, 0.5) is 10.1 Å². The molecule has 1 atom stereocenters. The molecule has 51 heavy (non-hydrogen) atoms. The molecule has 2 saturated carbocycles. The molecular formula is C37H45FN4O8S. The SMILES string of the molecule is COC[C@H]1CN(c2cc(C)c3c4c(c(=O)oc3c2C)CN(C(=O)c2ccc(C(=O)NS(=O)(=O)C3(C)CC3)c(OC3CCC3)c2F)CC4)CCN1C. The average molecular weight is 725 g/mol. The number of amides is 2. The Balaban J connectivity index is 1.17. The molecular weight excluding hydrogens is 679 g/mol. The van der Waals surface area contributed by atoms with E-state index < -0.39 is 43.8 Å². The van der Waals surface area contributed by atoms with Crippen molar-refractivity contribution in [3.05, 3.63) is 67.8 Å². The molecule has 14 heteroatoms. The number of aryl methyl sites for hydroxylation is 2. The third kappa shape index (κ3) is 6.29. The first-order chi connectivity index (χ1) is 24.2. The smallest absolute Gasteiger partial charge is 0.341 e. The van der Waals surface area contributed by atoms with Gasteiger partial charge in [0.25, 0.3) is 11.8 Å². The van der Waals surface area contributed by atoms with E-state index in [2.05, 4.69) is 27.6 Å².